The van der Waals surface area contributed by atoms with Crippen molar-refractivity contribution in [2.75, 3.05) is 18.9 Å². The van der Waals surface area contributed by atoms with Gasteiger partial charge < -0.3 is 21.1 Å². The van der Waals surface area contributed by atoms with Crippen molar-refractivity contribution in [2.24, 2.45) is 11.7 Å². The maximum atomic E-state index is 12.1. The summed E-state index contributed by atoms with van der Waals surface area (Å²) < 4.78 is 1.48. The minimum absolute atomic E-state index is 0.00356. The Morgan fingerprint density at radius 2 is 2.06 bits per heavy atom. The van der Waals surface area contributed by atoms with Crippen LogP contribution >= 0.6 is 0 Å². The van der Waals surface area contributed by atoms with Crippen LogP contribution < -0.4 is 11.1 Å². The Kier molecular flexibility index (Phi) is 6.72. The lowest BCUT2D eigenvalue weighted by Crippen LogP contribution is -2.28. The molecule has 9 heteroatoms. The van der Waals surface area contributed by atoms with Crippen LogP contribution in [0.3, 0.4) is 0 Å². The van der Waals surface area contributed by atoms with Gasteiger partial charge in [-0.3, -0.25) is 14.4 Å². The van der Waals surface area contributed by atoms with Gasteiger partial charge in [0, 0.05) is 25.1 Å². The molecule has 0 spiro atoms. The molecule has 1 aliphatic carbocycles. The number of aliphatic hydroxyl groups is 1. The highest BCUT2D eigenvalue weighted by atomic mass is 16.3. The molecule has 0 radical (unpaired) electrons. The molecule has 1 aromatic carbocycles. The molecular formula is C22H25N5O4. The summed E-state index contributed by atoms with van der Waals surface area (Å²) in [5.74, 6) is 1.60. The molecule has 2 aromatic rings. The Balaban J connectivity index is 0.000000287. The van der Waals surface area contributed by atoms with E-state index >= 15 is 0 Å². The molecule has 0 unspecified atom stereocenters. The minimum Gasteiger partial charge on any atom is -0.383 e. The lowest BCUT2D eigenvalue weighted by atomic mass is 9.85. The molecule has 4 rings (SSSR count). The Morgan fingerprint density at radius 1 is 1.32 bits per heavy atom. The molecule has 9 nitrogen and oxygen atoms in total. The summed E-state index contributed by atoms with van der Waals surface area (Å²) in [5, 5.41) is 15.7. The van der Waals surface area contributed by atoms with E-state index in [2.05, 4.69) is 16.3 Å². The smallest absolute Gasteiger partial charge is 0.271 e. The fourth-order valence-corrected chi connectivity index (χ4v) is 3.23. The summed E-state index contributed by atoms with van der Waals surface area (Å²) in [5.41, 5.74) is 7.09. The Morgan fingerprint density at radius 3 is 2.55 bits per heavy atom. The van der Waals surface area contributed by atoms with E-state index in [-0.39, 0.29) is 23.4 Å². The van der Waals surface area contributed by atoms with Crippen LogP contribution in [0.1, 0.15) is 41.7 Å². The van der Waals surface area contributed by atoms with Gasteiger partial charge in [-0.05, 0) is 37.5 Å². The van der Waals surface area contributed by atoms with Crippen LogP contribution in [-0.4, -0.2) is 57.2 Å². The number of amides is 3. The highest BCUT2D eigenvalue weighted by molar-refractivity contribution is 6.02. The number of aromatic nitrogens is 2. The molecule has 0 bridgehead atoms. The van der Waals surface area contributed by atoms with Crippen LogP contribution in [0.4, 0.5) is 5.69 Å². The zero-order chi connectivity index (χ0) is 22.5. The monoisotopic (exact) mass is 423 g/mol. The topological polar surface area (TPSA) is 131 Å². The van der Waals surface area contributed by atoms with Gasteiger partial charge in [0.05, 0.1) is 17.6 Å². The van der Waals surface area contributed by atoms with E-state index < -0.39 is 12.0 Å². The number of terminal acetylenes is 1. The lowest BCUT2D eigenvalue weighted by Gasteiger charge is -2.23. The fraction of sp³-hybridized carbons (Fsp3) is 0.364. The van der Waals surface area contributed by atoms with Gasteiger partial charge in [-0.25, -0.2) is 4.68 Å². The molecule has 162 valence electrons. The predicted octanol–water partition coefficient (Wildman–Crippen LogP) is 0.900. The Hall–Kier alpha value is -3.64. The van der Waals surface area contributed by atoms with Crippen molar-refractivity contribution >= 4 is 23.4 Å². The molecule has 1 saturated carbocycles. The van der Waals surface area contributed by atoms with Crippen molar-refractivity contribution in [1.82, 2.24) is 14.7 Å². The van der Waals surface area contributed by atoms with Crippen LogP contribution in [0.5, 0.6) is 0 Å². The quantitative estimate of drug-likeness (QED) is 0.629. The Labute approximate surface area is 180 Å². The van der Waals surface area contributed by atoms with Crippen molar-refractivity contribution in [1.29, 1.82) is 0 Å². The van der Waals surface area contributed by atoms with Crippen molar-refractivity contribution < 1.29 is 19.5 Å². The van der Waals surface area contributed by atoms with Crippen LogP contribution in [-0.2, 0) is 9.59 Å². The highest BCUT2D eigenvalue weighted by Crippen LogP contribution is 2.28. The molecule has 1 saturated heterocycles. The zero-order valence-electron chi connectivity index (χ0n) is 17.2. The second kappa shape index (κ2) is 9.45. The number of nitrogens with one attached hydrogen (secondary N) is 1. The number of benzene rings is 1. The summed E-state index contributed by atoms with van der Waals surface area (Å²) >= 11 is 0. The van der Waals surface area contributed by atoms with Gasteiger partial charge in [-0.1, -0.05) is 18.4 Å². The van der Waals surface area contributed by atoms with Crippen molar-refractivity contribution in [3.8, 4) is 18.0 Å². The maximum Gasteiger partial charge on any atom is 0.271 e. The zero-order valence-corrected chi connectivity index (χ0v) is 17.2. The molecule has 1 aromatic heterocycles. The number of likely N-dealkylation sites (tertiary alicyclic amines) is 1. The largest absolute Gasteiger partial charge is 0.383 e. The van der Waals surface area contributed by atoms with Gasteiger partial charge in [0.15, 0.2) is 5.69 Å². The van der Waals surface area contributed by atoms with Crippen LogP contribution in [0.25, 0.3) is 5.69 Å². The number of nitrogens with two attached hydrogens (primary N) is 1. The number of anilines is 1. The molecule has 2 aliphatic rings. The van der Waals surface area contributed by atoms with E-state index in [1.165, 1.54) is 9.58 Å². The van der Waals surface area contributed by atoms with Gasteiger partial charge in [-0.15, -0.1) is 6.42 Å². The maximum absolute atomic E-state index is 12.1. The number of hydrogen-bond acceptors (Lipinski definition) is 5. The lowest BCUT2D eigenvalue weighted by molar-refractivity contribution is -0.133. The van der Waals surface area contributed by atoms with Gasteiger partial charge >= 0.3 is 0 Å². The summed E-state index contributed by atoms with van der Waals surface area (Å²) in [6, 6.07) is 7.15. The first-order valence-electron chi connectivity index (χ1n) is 10.0. The molecular weight excluding hydrogens is 398 g/mol. The summed E-state index contributed by atoms with van der Waals surface area (Å²) in [6.07, 6.45) is 9.63. The molecule has 2 heterocycles. The van der Waals surface area contributed by atoms with E-state index in [1.807, 2.05) is 0 Å². The number of hydrogen-bond donors (Lipinski definition) is 3. The number of primary amides is 1. The number of rotatable bonds is 4. The van der Waals surface area contributed by atoms with E-state index in [9.17, 15) is 14.4 Å². The van der Waals surface area contributed by atoms with E-state index in [0.717, 1.165) is 19.3 Å². The van der Waals surface area contributed by atoms with E-state index in [4.69, 9.17) is 17.3 Å². The van der Waals surface area contributed by atoms with Gasteiger partial charge in [0.1, 0.15) is 6.10 Å². The van der Waals surface area contributed by atoms with Crippen molar-refractivity contribution in [3.05, 3.63) is 41.7 Å². The SMILES string of the molecule is C#Cc1cccc(-n2cc(NC(=O)C3CCC3)c(C(N)=O)n2)c1.CN1CC[C@H](O)C1=O. The molecule has 31 heavy (non-hydrogen) atoms. The summed E-state index contributed by atoms with van der Waals surface area (Å²) in [7, 11) is 1.69. The number of carbonyl (C=O) groups is 3. The standard InChI is InChI=1S/C17H16N4O2.C5H9NO2/c1-2-11-5-3-8-13(9-11)21-10-14(15(20-21)16(18)22)19-17(23)12-6-4-7-12;1-6-3-2-4(7)5(6)8/h1,3,5,8-10,12H,4,6-7H2,(H2,18,22)(H,19,23);4,7H,2-3H2,1H3/t;4-/m.0/s1. The highest BCUT2D eigenvalue weighted by Gasteiger charge is 2.27. The molecule has 1 atom stereocenters. The number of carbonyl (C=O) groups excluding carboxylic acids is 3. The summed E-state index contributed by atoms with van der Waals surface area (Å²) in [6.45, 7) is 0.694. The molecule has 1 aliphatic heterocycles. The number of nitrogens with zero attached hydrogens (tertiary/aromatic N) is 3. The first kappa shape index (κ1) is 22.1. The van der Waals surface area contributed by atoms with Crippen molar-refractivity contribution in [3.63, 3.8) is 0 Å². The minimum atomic E-state index is -0.722. The third-order valence-electron chi connectivity index (χ3n) is 5.36. The van der Waals surface area contributed by atoms with Gasteiger partial charge in [0.25, 0.3) is 11.8 Å². The average Bonchev–Trinajstić information content (AvgIpc) is 3.26. The van der Waals surface area contributed by atoms with Crippen LogP contribution in [0.15, 0.2) is 30.5 Å². The second-order valence-corrected chi connectivity index (χ2v) is 7.58. The molecule has 4 N–H and O–H groups in total. The third-order valence-corrected chi connectivity index (χ3v) is 5.36. The first-order chi connectivity index (χ1) is 14.8. The second-order valence-electron chi connectivity index (χ2n) is 7.58. The van der Waals surface area contributed by atoms with Gasteiger partial charge in [0.2, 0.25) is 5.91 Å². The average molecular weight is 423 g/mol. The Bertz CT molecular complexity index is 1020. The first-order valence-corrected chi connectivity index (χ1v) is 10.0. The predicted molar refractivity (Wildman–Crippen MR) is 114 cm³/mol. The molecule has 3 amide bonds. The summed E-state index contributed by atoms with van der Waals surface area (Å²) in [4.78, 5) is 35.8. The number of aliphatic hydroxyl groups excluding tert-OH is 1. The van der Waals surface area contributed by atoms with E-state index in [1.54, 1.807) is 37.5 Å². The van der Waals surface area contributed by atoms with Gasteiger partial charge in [-0.2, -0.15) is 5.10 Å². The fourth-order valence-electron chi connectivity index (χ4n) is 3.23. The number of likely N-dealkylation sites (N-methyl/N-ethyl adjacent to an activating group) is 1. The normalized spacial score (nSPS) is 17.9. The third kappa shape index (κ3) is 5.10. The van der Waals surface area contributed by atoms with Crippen LogP contribution in [0, 0.1) is 18.3 Å². The van der Waals surface area contributed by atoms with E-state index in [0.29, 0.717) is 29.9 Å². The molecule has 2 fully saturated rings. The van der Waals surface area contributed by atoms with Crippen LogP contribution in [0.2, 0.25) is 0 Å². The van der Waals surface area contributed by atoms with Crippen molar-refractivity contribution in [2.45, 2.75) is 31.8 Å².